The van der Waals surface area contributed by atoms with Gasteiger partial charge in [0.2, 0.25) is 0 Å². The zero-order valence-electron chi connectivity index (χ0n) is 8.66. The molecule has 0 aliphatic carbocycles. The quantitative estimate of drug-likeness (QED) is 0.682. The molecular formula is C12H11N3O. The van der Waals surface area contributed by atoms with Crippen molar-refractivity contribution in [3.63, 3.8) is 0 Å². The van der Waals surface area contributed by atoms with Crippen molar-refractivity contribution in [3.8, 4) is 11.8 Å². The zero-order valence-corrected chi connectivity index (χ0v) is 8.66. The number of nitrogens with one attached hydrogen (secondary N) is 1. The number of aromatic amines is 1. The number of hydrogen-bond acceptors (Lipinski definition) is 3. The minimum atomic E-state index is -0.133. The summed E-state index contributed by atoms with van der Waals surface area (Å²) in [5.74, 6) is 5.92. The summed E-state index contributed by atoms with van der Waals surface area (Å²) in [4.78, 5) is 18.0. The van der Waals surface area contributed by atoms with Crippen molar-refractivity contribution in [2.45, 2.75) is 6.42 Å². The van der Waals surface area contributed by atoms with Crippen molar-refractivity contribution in [3.05, 3.63) is 40.4 Å². The van der Waals surface area contributed by atoms with Crippen LogP contribution in [0.2, 0.25) is 0 Å². The van der Waals surface area contributed by atoms with E-state index in [2.05, 4.69) is 21.8 Å². The largest absolute Gasteiger partial charge is 0.330 e. The van der Waals surface area contributed by atoms with E-state index in [-0.39, 0.29) is 5.56 Å². The van der Waals surface area contributed by atoms with Gasteiger partial charge >= 0.3 is 0 Å². The molecule has 2 aromatic rings. The van der Waals surface area contributed by atoms with Gasteiger partial charge in [0.25, 0.3) is 5.56 Å². The second kappa shape index (κ2) is 4.60. The van der Waals surface area contributed by atoms with Gasteiger partial charge in [0, 0.05) is 18.5 Å². The fourth-order valence-electron chi connectivity index (χ4n) is 1.38. The lowest BCUT2D eigenvalue weighted by Gasteiger charge is -1.95. The molecule has 0 atom stereocenters. The Morgan fingerprint density at radius 2 is 2.31 bits per heavy atom. The molecule has 1 aromatic carbocycles. The summed E-state index contributed by atoms with van der Waals surface area (Å²) < 4.78 is 0. The van der Waals surface area contributed by atoms with Crippen LogP contribution in [0.25, 0.3) is 10.9 Å². The molecule has 1 aromatic heterocycles. The molecule has 16 heavy (non-hydrogen) atoms. The van der Waals surface area contributed by atoms with Gasteiger partial charge in [-0.1, -0.05) is 11.8 Å². The molecule has 0 aliphatic heterocycles. The normalized spacial score (nSPS) is 9.81. The summed E-state index contributed by atoms with van der Waals surface area (Å²) >= 11 is 0. The monoisotopic (exact) mass is 213 g/mol. The van der Waals surface area contributed by atoms with Gasteiger partial charge in [-0.3, -0.25) is 4.79 Å². The number of hydrogen-bond donors (Lipinski definition) is 2. The topological polar surface area (TPSA) is 71.8 Å². The van der Waals surface area contributed by atoms with Gasteiger partial charge in [0.15, 0.2) is 0 Å². The van der Waals surface area contributed by atoms with Crippen LogP contribution in [0.5, 0.6) is 0 Å². The summed E-state index contributed by atoms with van der Waals surface area (Å²) in [5.41, 5.74) is 6.71. The number of H-pyrrole nitrogens is 1. The lowest BCUT2D eigenvalue weighted by atomic mass is 10.1. The van der Waals surface area contributed by atoms with Crippen LogP contribution in [0, 0.1) is 11.8 Å². The number of nitrogens with two attached hydrogens (primary N) is 1. The molecule has 0 bridgehead atoms. The standard InChI is InChI=1S/C12H11N3O/c13-6-2-1-3-9-4-5-10-11(7-9)14-8-15-12(10)16/h4-5,7-8H,2,6,13H2,(H,14,15,16). The van der Waals surface area contributed by atoms with E-state index in [1.807, 2.05) is 6.07 Å². The van der Waals surface area contributed by atoms with Gasteiger partial charge in [-0.25, -0.2) is 4.98 Å². The van der Waals surface area contributed by atoms with Gasteiger partial charge in [-0.05, 0) is 18.2 Å². The van der Waals surface area contributed by atoms with Crippen LogP contribution < -0.4 is 11.3 Å². The van der Waals surface area contributed by atoms with Crippen LogP contribution in [-0.2, 0) is 0 Å². The third-order valence-electron chi connectivity index (χ3n) is 2.14. The lowest BCUT2D eigenvalue weighted by Crippen LogP contribution is -2.05. The van der Waals surface area contributed by atoms with E-state index in [0.717, 1.165) is 5.56 Å². The van der Waals surface area contributed by atoms with Crippen LogP contribution in [0.1, 0.15) is 12.0 Å². The Labute approximate surface area is 92.5 Å². The van der Waals surface area contributed by atoms with Gasteiger partial charge in [-0.15, -0.1) is 0 Å². The van der Waals surface area contributed by atoms with Gasteiger partial charge in [0.05, 0.1) is 17.2 Å². The molecule has 1 heterocycles. The summed E-state index contributed by atoms with van der Waals surface area (Å²) in [5, 5.41) is 0.576. The maximum absolute atomic E-state index is 11.4. The molecule has 0 fully saturated rings. The molecule has 2 rings (SSSR count). The van der Waals surface area contributed by atoms with Crippen LogP contribution in [-0.4, -0.2) is 16.5 Å². The van der Waals surface area contributed by atoms with Gasteiger partial charge in [0.1, 0.15) is 0 Å². The van der Waals surface area contributed by atoms with Crippen molar-refractivity contribution in [1.82, 2.24) is 9.97 Å². The van der Waals surface area contributed by atoms with Crippen molar-refractivity contribution >= 4 is 10.9 Å². The molecule has 0 radical (unpaired) electrons. The molecule has 80 valence electrons. The minimum absolute atomic E-state index is 0.133. The molecule has 4 heteroatoms. The van der Waals surface area contributed by atoms with Crippen LogP contribution in [0.15, 0.2) is 29.3 Å². The Kier molecular flexibility index (Phi) is 2.99. The number of rotatable bonds is 1. The molecule has 0 unspecified atom stereocenters. The fourth-order valence-corrected chi connectivity index (χ4v) is 1.38. The van der Waals surface area contributed by atoms with E-state index < -0.39 is 0 Å². The average Bonchev–Trinajstić information content (AvgIpc) is 2.30. The highest BCUT2D eigenvalue weighted by Crippen LogP contribution is 2.08. The second-order valence-corrected chi connectivity index (χ2v) is 3.30. The highest BCUT2D eigenvalue weighted by molar-refractivity contribution is 5.78. The Hall–Kier alpha value is -2.12. The van der Waals surface area contributed by atoms with Crippen molar-refractivity contribution < 1.29 is 0 Å². The number of benzene rings is 1. The van der Waals surface area contributed by atoms with Crippen molar-refractivity contribution in [2.24, 2.45) is 5.73 Å². The highest BCUT2D eigenvalue weighted by atomic mass is 16.1. The Morgan fingerprint density at radius 1 is 1.44 bits per heavy atom. The van der Waals surface area contributed by atoms with E-state index in [1.165, 1.54) is 6.33 Å². The van der Waals surface area contributed by atoms with Crippen molar-refractivity contribution in [2.75, 3.05) is 6.54 Å². The minimum Gasteiger partial charge on any atom is -0.330 e. The third kappa shape index (κ3) is 2.10. The highest BCUT2D eigenvalue weighted by Gasteiger charge is 1.98. The predicted octanol–water partition coefficient (Wildman–Crippen LogP) is 0.623. The molecule has 0 saturated carbocycles. The van der Waals surface area contributed by atoms with Crippen LogP contribution in [0.4, 0.5) is 0 Å². The smallest absolute Gasteiger partial charge is 0.258 e. The first-order chi connectivity index (χ1) is 7.81. The SMILES string of the molecule is NCCC#Cc1ccc2c(=O)[nH]cnc2c1. The zero-order chi connectivity index (χ0) is 11.4. The first-order valence-electron chi connectivity index (χ1n) is 4.97. The van der Waals surface area contributed by atoms with E-state index in [4.69, 9.17) is 5.73 Å². The first kappa shape index (κ1) is 10.4. The average molecular weight is 213 g/mol. The molecule has 0 aliphatic rings. The molecule has 0 amide bonds. The Balaban J connectivity index is 2.46. The summed E-state index contributed by atoms with van der Waals surface area (Å²) in [6, 6.07) is 5.34. The Morgan fingerprint density at radius 3 is 3.12 bits per heavy atom. The molecule has 3 N–H and O–H groups in total. The maximum atomic E-state index is 11.4. The predicted molar refractivity (Wildman–Crippen MR) is 62.9 cm³/mol. The summed E-state index contributed by atoms with van der Waals surface area (Å²) in [7, 11) is 0. The van der Waals surface area contributed by atoms with E-state index in [0.29, 0.717) is 23.9 Å². The molecular weight excluding hydrogens is 202 g/mol. The molecule has 0 saturated heterocycles. The fraction of sp³-hybridized carbons (Fsp3) is 0.167. The summed E-state index contributed by atoms with van der Waals surface area (Å²) in [6.45, 7) is 0.554. The number of aromatic nitrogens is 2. The Bertz CT molecular complexity index is 619. The molecule has 0 spiro atoms. The third-order valence-corrected chi connectivity index (χ3v) is 2.14. The first-order valence-corrected chi connectivity index (χ1v) is 4.97. The molecule has 4 nitrogen and oxygen atoms in total. The van der Waals surface area contributed by atoms with Crippen LogP contribution >= 0.6 is 0 Å². The van der Waals surface area contributed by atoms with E-state index in [1.54, 1.807) is 12.1 Å². The number of fused-ring (bicyclic) bond motifs is 1. The maximum Gasteiger partial charge on any atom is 0.258 e. The number of nitrogens with zero attached hydrogens (tertiary/aromatic N) is 1. The van der Waals surface area contributed by atoms with E-state index >= 15 is 0 Å². The van der Waals surface area contributed by atoms with E-state index in [9.17, 15) is 4.79 Å². The van der Waals surface area contributed by atoms with Crippen LogP contribution in [0.3, 0.4) is 0 Å². The van der Waals surface area contributed by atoms with Gasteiger partial charge in [-0.2, -0.15) is 0 Å². The lowest BCUT2D eigenvalue weighted by molar-refractivity contribution is 1.03. The van der Waals surface area contributed by atoms with Gasteiger partial charge < -0.3 is 10.7 Å². The van der Waals surface area contributed by atoms with Crippen molar-refractivity contribution in [1.29, 1.82) is 0 Å². The second-order valence-electron chi connectivity index (χ2n) is 3.30. The summed E-state index contributed by atoms with van der Waals surface area (Å²) in [6.07, 6.45) is 2.06.